The van der Waals surface area contributed by atoms with Crippen LogP contribution in [0.1, 0.15) is 57.6 Å². The van der Waals surface area contributed by atoms with Crippen molar-refractivity contribution < 1.29 is 5.11 Å². The summed E-state index contributed by atoms with van der Waals surface area (Å²) in [6.45, 7) is 6.37. The molecule has 20 heavy (non-hydrogen) atoms. The Morgan fingerprint density at radius 2 is 2.00 bits per heavy atom. The topological polar surface area (TPSA) is 32.6 Å². The molecule has 1 N–H and O–H groups in total. The van der Waals surface area contributed by atoms with Crippen LogP contribution in [0.25, 0.3) is 0 Å². The molecule has 0 unspecified atom stereocenters. The van der Waals surface area contributed by atoms with E-state index in [1.807, 2.05) is 24.4 Å². The Bertz CT molecular complexity index is 527. The summed E-state index contributed by atoms with van der Waals surface area (Å²) in [5, 5.41) is 10.4. The van der Waals surface area contributed by atoms with Gasteiger partial charge in [0.25, 0.3) is 0 Å². The van der Waals surface area contributed by atoms with Crippen molar-refractivity contribution in [2.75, 3.05) is 0 Å². The Hall–Kier alpha value is -1.31. The second-order valence-corrected chi connectivity index (χ2v) is 7.51. The zero-order valence-corrected chi connectivity index (χ0v) is 12.8. The number of fused-ring (bicyclic) bond motifs is 2. The standard InChI is InChI=1S/C18H25NO/c1-18(2,3)15-6-4-5-14(17(15)20)11-19-16-10-12-7-8-13(16)9-12/h4-6,11-13,16,20H,7-10H2,1-3H3/t12-,13+,16-/m0/s1. The van der Waals surface area contributed by atoms with Crippen molar-refractivity contribution in [1.82, 2.24) is 0 Å². The molecule has 2 aliphatic rings. The molecule has 0 spiro atoms. The van der Waals surface area contributed by atoms with Gasteiger partial charge in [0.15, 0.2) is 0 Å². The van der Waals surface area contributed by atoms with Crippen molar-refractivity contribution in [2.24, 2.45) is 16.8 Å². The fraction of sp³-hybridized carbons (Fsp3) is 0.611. The van der Waals surface area contributed by atoms with Crippen LogP contribution in [0.3, 0.4) is 0 Å². The predicted octanol–water partition coefficient (Wildman–Crippen LogP) is 4.30. The van der Waals surface area contributed by atoms with Crippen molar-refractivity contribution >= 4 is 6.21 Å². The maximum atomic E-state index is 10.4. The molecule has 0 amide bonds. The monoisotopic (exact) mass is 271 g/mol. The molecule has 2 fully saturated rings. The summed E-state index contributed by atoms with van der Waals surface area (Å²) >= 11 is 0. The third-order valence-corrected chi connectivity index (χ3v) is 4.98. The lowest BCUT2D eigenvalue weighted by atomic mass is 9.85. The first-order valence-electron chi connectivity index (χ1n) is 7.81. The van der Waals surface area contributed by atoms with Gasteiger partial charge in [-0.3, -0.25) is 4.99 Å². The van der Waals surface area contributed by atoms with Gasteiger partial charge in [0, 0.05) is 11.8 Å². The SMILES string of the molecule is CC(C)(C)c1cccc(C=N[C@H]2C[C@H]3CC[C@@H]2C3)c1O. The van der Waals surface area contributed by atoms with Gasteiger partial charge in [0.1, 0.15) is 5.75 Å². The van der Waals surface area contributed by atoms with Crippen LogP contribution in [0.2, 0.25) is 0 Å². The smallest absolute Gasteiger partial charge is 0.128 e. The van der Waals surface area contributed by atoms with Gasteiger partial charge in [-0.15, -0.1) is 0 Å². The molecule has 2 saturated carbocycles. The van der Waals surface area contributed by atoms with Crippen LogP contribution >= 0.6 is 0 Å². The highest BCUT2D eigenvalue weighted by molar-refractivity contribution is 5.84. The average Bonchev–Trinajstić information content (AvgIpc) is 2.98. The molecule has 2 heteroatoms. The molecule has 3 rings (SSSR count). The number of hydrogen-bond donors (Lipinski definition) is 1. The molecule has 1 aromatic carbocycles. The normalized spacial score (nSPS) is 29.4. The number of rotatable bonds is 2. The molecule has 2 nitrogen and oxygen atoms in total. The first-order valence-corrected chi connectivity index (χ1v) is 7.81. The Kier molecular flexibility index (Phi) is 3.35. The van der Waals surface area contributed by atoms with Crippen LogP contribution < -0.4 is 0 Å². The van der Waals surface area contributed by atoms with Gasteiger partial charge in [-0.05, 0) is 48.1 Å². The Labute approximate surface area is 121 Å². The summed E-state index contributed by atoms with van der Waals surface area (Å²) in [5.41, 5.74) is 1.81. The Morgan fingerprint density at radius 3 is 2.60 bits per heavy atom. The lowest BCUT2D eigenvalue weighted by Gasteiger charge is -2.21. The lowest BCUT2D eigenvalue weighted by Crippen LogP contribution is -2.14. The second kappa shape index (κ2) is 4.91. The molecule has 0 aromatic heterocycles. The van der Waals surface area contributed by atoms with Crippen molar-refractivity contribution in [3.05, 3.63) is 29.3 Å². The largest absolute Gasteiger partial charge is 0.507 e. The van der Waals surface area contributed by atoms with E-state index in [4.69, 9.17) is 4.99 Å². The molecule has 2 aliphatic carbocycles. The fourth-order valence-electron chi connectivity index (χ4n) is 3.84. The third-order valence-electron chi connectivity index (χ3n) is 4.98. The number of hydrogen-bond acceptors (Lipinski definition) is 2. The summed E-state index contributed by atoms with van der Waals surface area (Å²) in [7, 11) is 0. The molecule has 2 bridgehead atoms. The molecule has 0 heterocycles. The van der Waals surface area contributed by atoms with E-state index in [-0.39, 0.29) is 5.41 Å². The van der Waals surface area contributed by atoms with E-state index in [1.54, 1.807) is 0 Å². The molecule has 0 saturated heterocycles. The van der Waals surface area contributed by atoms with E-state index in [1.165, 1.54) is 25.7 Å². The van der Waals surface area contributed by atoms with Crippen LogP contribution in [0.15, 0.2) is 23.2 Å². The van der Waals surface area contributed by atoms with E-state index in [0.29, 0.717) is 11.8 Å². The average molecular weight is 271 g/mol. The summed E-state index contributed by atoms with van der Waals surface area (Å²) in [6, 6.07) is 6.47. The number of para-hydroxylation sites is 1. The quantitative estimate of drug-likeness (QED) is 0.799. The van der Waals surface area contributed by atoms with Crippen LogP contribution in [-0.4, -0.2) is 17.4 Å². The number of aliphatic imine (C=N–C) groups is 1. The van der Waals surface area contributed by atoms with Gasteiger partial charge in [-0.25, -0.2) is 0 Å². The summed E-state index contributed by atoms with van der Waals surface area (Å²) < 4.78 is 0. The van der Waals surface area contributed by atoms with Crippen LogP contribution in [0.5, 0.6) is 5.75 Å². The van der Waals surface area contributed by atoms with E-state index >= 15 is 0 Å². The van der Waals surface area contributed by atoms with Gasteiger partial charge < -0.3 is 5.11 Å². The third kappa shape index (κ3) is 2.48. The zero-order chi connectivity index (χ0) is 14.3. The zero-order valence-electron chi connectivity index (χ0n) is 12.8. The minimum atomic E-state index is -0.0413. The number of phenolic OH excluding ortho intramolecular Hbond substituents is 1. The van der Waals surface area contributed by atoms with Gasteiger partial charge in [0.05, 0.1) is 6.04 Å². The second-order valence-electron chi connectivity index (χ2n) is 7.51. The van der Waals surface area contributed by atoms with Gasteiger partial charge in [-0.1, -0.05) is 39.3 Å². The maximum absolute atomic E-state index is 10.4. The van der Waals surface area contributed by atoms with Crippen molar-refractivity contribution in [2.45, 2.75) is 57.9 Å². The first kappa shape index (κ1) is 13.7. The van der Waals surface area contributed by atoms with E-state index < -0.39 is 0 Å². The highest BCUT2D eigenvalue weighted by Crippen LogP contribution is 2.46. The summed E-state index contributed by atoms with van der Waals surface area (Å²) in [5.74, 6) is 2.10. The van der Waals surface area contributed by atoms with Gasteiger partial charge in [0.2, 0.25) is 0 Å². The number of phenols is 1. The lowest BCUT2D eigenvalue weighted by molar-refractivity contribution is 0.421. The minimum absolute atomic E-state index is 0.0413. The molecular weight excluding hydrogens is 246 g/mol. The van der Waals surface area contributed by atoms with Crippen LogP contribution in [-0.2, 0) is 5.41 Å². The van der Waals surface area contributed by atoms with Crippen molar-refractivity contribution in [3.63, 3.8) is 0 Å². The Balaban J connectivity index is 1.81. The van der Waals surface area contributed by atoms with Crippen LogP contribution in [0.4, 0.5) is 0 Å². The molecule has 3 atom stereocenters. The Morgan fingerprint density at radius 1 is 1.20 bits per heavy atom. The molecule has 1 aromatic rings. The summed E-state index contributed by atoms with van der Waals surface area (Å²) in [6.07, 6.45) is 7.27. The highest BCUT2D eigenvalue weighted by atomic mass is 16.3. The first-order chi connectivity index (χ1) is 9.45. The fourth-order valence-corrected chi connectivity index (χ4v) is 3.84. The summed E-state index contributed by atoms with van der Waals surface area (Å²) in [4.78, 5) is 4.78. The van der Waals surface area contributed by atoms with E-state index in [2.05, 4.69) is 20.8 Å². The molecular formula is C18H25NO. The molecule has 0 aliphatic heterocycles. The van der Waals surface area contributed by atoms with Crippen molar-refractivity contribution in [3.8, 4) is 5.75 Å². The van der Waals surface area contributed by atoms with Crippen molar-refractivity contribution in [1.29, 1.82) is 0 Å². The maximum Gasteiger partial charge on any atom is 0.128 e. The number of aromatic hydroxyl groups is 1. The van der Waals surface area contributed by atoms with E-state index in [9.17, 15) is 5.11 Å². The molecule has 108 valence electrons. The van der Waals surface area contributed by atoms with E-state index in [0.717, 1.165) is 23.0 Å². The number of benzene rings is 1. The highest BCUT2D eigenvalue weighted by Gasteiger charge is 2.39. The molecule has 0 radical (unpaired) electrons. The van der Waals surface area contributed by atoms with Crippen LogP contribution in [0, 0.1) is 11.8 Å². The van der Waals surface area contributed by atoms with Gasteiger partial charge in [-0.2, -0.15) is 0 Å². The van der Waals surface area contributed by atoms with Gasteiger partial charge >= 0.3 is 0 Å². The minimum Gasteiger partial charge on any atom is -0.507 e. The predicted molar refractivity (Wildman–Crippen MR) is 83.6 cm³/mol. The number of nitrogens with zero attached hydrogens (tertiary/aromatic N) is 1.